The molecule has 0 aromatic heterocycles. The van der Waals surface area contributed by atoms with Gasteiger partial charge in [0.05, 0.1) is 12.5 Å². The van der Waals surface area contributed by atoms with E-state index in [9.17, 15) is 0 Å². The SMILES string of the molecule is COc1ccc2c3c1O[C@H]1C=CC=C4[C@H](C2)NCC[C@@]431. The van der Waals surface area contributed by atoms with Crippen LogP contribution in [-0.2, 0) is 11.8 Å². The molecule has 102 valence electrons. The molecule has 2 heterocycles. The first kappa shape index (κ1) is 11.0. The zero-order valence-electron chi connectivity index (χ0n) is 11.5. The first-order chi connectivity index (χ1) is 9.84. The van der Waals surface area contributed by atoms with Crippen LogP contribution >= 0.6 is 0 Å². The summed E-state index contributed by atoms with van der Waals surface area (Å²) in [6.45, 7) is 1.06. The van der Waals surface area contributed by atoms with E-state index in [0.29, 0.717) is 6.04 Å². The predicted octanol–water partition coefficient (Wildman–Crippen LogP) is 2.11. The number of hydrogen-bond acceptors (Lipinski definition) is 3. The summed E-state index contributed by atoms with van der Waals surface area (Å²) in [5.41, 5.74) is 4.39. The molecular formula is C17H17NO2. The zero-order valence-corrected chi connectivity index (χ0v) is 11.5. The highest BCUT2D eigenvalue weighted by Gasteiger charge is 2.58. The molecule has 1 saturated heterocycles. The van der Waals surface area contributed by atoms with Crippen molar-refractivity contribution in [3.05, 3.63) is 47.1 Å². The first-order valence-corrected chi connectivity index (χ1v) is 7.34. The number of allylic oxidation sites excluding steroid dienone is 2. The lowest BCUT2D eigenvalue weighted by Gasteiger charge is -2.49. The Balaban J connectivity index is 1.87. The third-order valence-corrected chi connectivity index (χ3v) is 5.39. The van der Waals surface area contributed by atoms with Crippen molar-refractivity contribution >= 4 is 0 Å². The highest BCUT2D eigenvalue weighted by molar-refractivity contribution is 5.67. The second-order valence-electron chi connectivity index (χ2n) is 6.11. The number of rotatable bonds is 1. The van der Waals surface area contributed by atoms with Gasteiger partial charge < -0.3 is 14.8 Å². The van der Waals surface area contributed by atoms with E-state index in [0.717, 1.165) is 30.9 Å². The minimum absolute atomic E-state index is 0.0577. The Hall–Kier alpha value is -1.74. The van der Waals surface area contributed by atoms with Crippen LogP contribution in [0, 0.1) is 0 Å². The smallest absolute Gasteiger partial charge is 0.166 e. The van der Waals surface area contributed by atoms with Crippen LogP contribution in [0.4, 0.5) is 0 Å². The van der Waals surface area contributed by atoms with Crippen molar-refractivity contribution in [2.45, 2.75) is 30.4 Å². The van der Waals surface area contributed by atoms with Crippen LogP contribution in [0.1, 0.15) is 17.5 Å². The predicted molar refractivity (Wildman–Crippen MR) is 76.4 cm³/mol. The molecule has 0 radical (unpaired) electrons. The van der Waals surface area contributed by atoms with E-state index in [1.165, 1.54) is 16.7 Å². The molecule has 1 spiro atoms. The second-order valence-corrected chi connectivity index (χ2v) is 6.11. The van der Waals surface area contributed by atoms with E-state index in [2.05, 4.69) is 35.7 Å². The highest BCUT2D eigenvalue weighted by Crippen LogP contribution is 2.60. The standard InChI is InChI=1S/C17H17NO2/c1-19-13-6-5-10-9-12-11-3-2-4-14-17(11,7-8-18-12)15(10)16(13)20-14/h2-6,12,14,18H,7-9H2,1H3/t12-,14-,17-/m0/s1. The van der Waals surface area contributed by atoms with Gasteiger partial charge in [-0.25, -0.2) is 0 Å². The van der Waals surface area contributed by atoms with Gasteiger partial charge in [-0.2, -0.15) is 0 Å². The molecule has 3 nitrogen and oxygen atoms in total. The van der Waals surface area contributed by atoms with Crippen LogP contribution in [0.5, 0.6) is 11.5 Å². The van der Waals surface area contributed by atoms with Crippen molar-refractivity contribution in [1.29, 1.82) is 0 Å². The van der Waals surface area contributed by atoms with Crippen LogP contribution in [0.25, 0.3) is 0 Å². The number of hydrogen-bond donors (Lipinski definition) is 1. The van der Waals surface area contributed by atoms with Crippen LogP contribution in [0.15, 0.2) is 35.9 Å². The first-order valence-electron chi connectivity index (χ1n) is 7.34. The minimum Gasteiger partial charge on any atom is -0.493 e. The molecule has 0 saturated carbocycles. The summed E-state index contributed by atoms with van der Waals surface area (Å²) in [5.74, 6) is 1.85. The van der Waals surface area contributed by atoms with Gasteiger partial charge in [0.1, 0.15) is 6.10 Å². The van der Waals surface area contributed by atoms with Gasteiger partial charge in [-0.15, -0.1) is 0 Å². The summed E-state index contributed by atoms with van der Waals surface area (Å²) in [5, 5.41) is 3.67. The third kappa shape index (κ3) is 1.04. The summed E-state index contributed by atoms with van der Waals surface area (Å²) in [6.07, 6.45) is 8.97. The molecule has 3 atom stereocenters. The molecule has 2 bridgehead atoms. The lowest BCUT2D eigenvalue weighted by Crippen LogP contribution is -2.57. The van der Waals surface area contributed by atoms with Gasteiger partial charge in [-0.05, 0) is 42.7 Å². The van der Waals surface area contributed by atoms with Crippen molar-refractivity contribution in [2.24, 2.45) is 0 Å². The molecule has 2 aliphatic carbocycles. The quantitative estimate of drug-likeness (QED) is 0.845. The van der Waals surface area contributed by atoms with Gasteiger partial charge in [0.15, 0.2) is 11.5 Å². The minimum atomic E-state index is 0.0577. The topological polar surface area (TPSA) is 30.5 Å². The summed E-state index contributed by atoms with van der Waals surface area (Å²) >= 11 is 0. The van der Waals surface area contributed by atoms with Crippen molar-refractivity contribution in [3.63, 3.8) is 0 Å². The average Bonchev–Trinajstić information content (AvgIpc) is 2.80. The van der Waals surface area contributed by atoms with Crippen LogP contribution in [-0.4, -0.2) is 25.8 Å². The lowest BCUT2D eigenvalue weighted by atomic mass is 9.58. The summed E-state index contributed by atoms with van der Waals surface area (Å²) in [4.78, 5) is 0. The normalized spacial score (nSPS) is 35.1. The largest absolute Gasteiger partial charge is 0.493 e. The number of ether oxygens (including phenoxy) is 2. The zero-order chi connectivity index (χ0) is 13.3. The Kier molecular flexibility index (Phi) is 1.91. The molecule has 0 amide bonds. The van der Waals surface area contributed by atoms with Crippen molar-refractivity contribution in [1.82, 2.24) is 5.32 Å². The fourth-order valence-electron chi connectivity index (χ4n) is 4.63. The molecule has 1 N–H and O–H groups in total. The van der Waals surface area contributed by atoms with Crippen molar-refractivity contribution < 1.29 is 9.47 Å². The number of piperidine rings is 1. The van der Waals surface area contributed by atoms with Crippen LogP contribution in [0.3, 0.4) is 0 Å². The molecule has 5 rings (SSSR count). The molecule has 1 aromatic carbocycles. The maximum atomic E-state index is 6.32. The fraction of sp³-hybridized carbons (Fsp3) is 0.412. The van der Waals surface area contributed by atoms with Gasteiger partial charge in [-0.3, -0.25) is 0 Å². The Morgan fingerprint density at radius 2 is 2.35 bits per heavy atom. The highest BCUT2D eigenvalue weighted by atomic mass is 16.5. The monoisotopic (exact) mass is 267 g/mol. The fourth-order valence-corrected chi connectivity index (χ4v) is 4.63. The van der Waals surface area contributed by atoms with E-state index in [-0.39, 0.29) is 11.5 Å². The molecule has 1 aromatic rings. The Labute approximate surface area is 118 Å². The molecule has 2 aliphatic heterocycles. The van der Waals surface area contributed by atoms with Gasteiger partial charge in [0, 0.05) is 11.6 Å². The second kappa shape index (κ2) is 3.47. The van der Waals surface area contributed by atoms with Crippen LogP contribution < -0.4 is 14.8 Å². The number of nitrogens with one attached hydrogen (secondary N) is 1. The molecule has 0 unspecified atom stereocenters. The third-order valence-electron chi connectivity index (χ3n) is 5.39. The van der Waals surface area contributed by atoms with Gasteiger partial charge >= 0.3 is 0 Å². The van der Waals surface area contributed by atoms with E-state index < -0.39 is 0 Å². The summed E-state index contributed by atoms with van der Waals surface area (Å²) < 4.78 is 11.8. The summed E-state index contributed by atoms with van der Waals surface area (Å²) in [6, 6.07) is 4.74. The van der Waals surface area contributed by atoms with E-state index in [1.54, 1.807) is 7.11 Å². The molecular weight excluding hydrogens is 250 g/mol. The van der Waals surface area contributed by atoms with Crippen LogP contribution in [0.2, 0.25) is 0 Å². The maximum Gasteiger partial charge on any atom is 0.166 e. The van der Waals surface area contributed by atoms with Crippen molar-refractivity contribution in [2.75, 3.05) is 13.7 Å². The van der Waals surface area contributed by atoms with E-state index in [1.807, 2.05) is 0 Å². The van der Waals surface area contributed by atoms with Gasteiger partial charge in [0.2, 0.25) is 0 Å². The average molecular weight is 267 g/mol. The van der Waals surface area contributed by atoms with E-state index >= 15 is 0 Å². The van der Waals surface area contributed by atoms with Gasteiger partial charge in [0.25, 0.3) is 0 Å². The number of benzene rings is 1. The molecule has 20 heavy (non-hydrogen) atoms. The van der Waals surface area contributed by atoms with E-state index in [4.69, 9.17) is 9.47 Å². The Bertz CT molecular complexity index is 676. The molecule has 3 heteroatoms. The molecule has 1 fully saturated rings. The summed E-state index contributed by atoms with van der Waals surface area (Å²) in [7, 11) is 1.72. The van der Waals surface area contributed by atoms with Crippen molar-refractivity contribution in [3.8, 4) is 11.5 Å². The van der Waals surface area contributed by atoms with Gasteiger partial charge in [-0.1, -0.05) is 18.2 Å². The number of methoxy groups -OCH3 is 1. The molecule has 4 aliphatic rings. The lowest BCUT2D eigenvalue weighted by molar-refractivity contribution is 0.173. The Morgan fingerprint density at radius 1 is 1.40 bits per heavy atom. The Morgan fingerprint density at radius 3 is 3.25 bits per heavy atom. The maximum absolute atomic E-state index is 6.32.